The van der Waals surface area contributed by atoms with E-state index in [2.05, 4.69) is 14.9 Å². The zero-order chi connectivity index (χ0) is 18.7. The molecule has 0 atom stereocenters. The summed E-state index contributed by atoms with van der Waals surface area (Å²) in [5, 5.41) is 0. The quantitative estimate of drug-likeness (QED) is 0.845. The molecule has 1 aliphatic heterocycles. The number of methoxy groups -OCH3 is 1. The summed E-state index contributed by atoms with van der Waals surface area (Å²) in [7, 11) is 1.34. The summed E-state index contributed by atoms with van der Waals surface area (Å²) >= 11 is 0. The SMILES string of the molecule is COC(=O)c1c(C)[nH]c(C(=O)N2CCN(Cc3ccccn3)CC2)c1C. The number of aromatic amines is 1. The molecule has 0 aromatic carbocycles. The van der Waals surface area contributed by atoms with E-state index in [0.717, 1.165) is 25.3 Å². The summed E-state index contributed by atoms with van der Waals surface area (Å²) in [6.07, 6.45) is 1.80. The van der Waals surface area contributed by atoms with Crippen LogP contribution >= 0.6 is 0 Å². The number of rotatable bonds is 4. The maximum atomic E-state index is 12.9. The predicted octanol–water partition coefficient (Wildman–Crippen LogP) is 1.77. The van der Waals surface area contributed by atoms with Gasteiger partial charge in [0.15, 0.2) is 0 Å². The van der Waals surface area contributed by atoms with Gasteiger partial charge in [-0.1, -0.05) is 6.07 Å². The second-order valence-corrected chi connectivity index (χ2v) is 6.51. The van der Waals surface area contributed by atoms with Crippen LogP contribution in [-0.2, 0) is 11.3 Å². The normalized spacial score (nSPS) is 15.1. The maximum absolute atomic E-state index is 12.9. The number of carbonyl (C=O) groups is 2. The van der Waals surface area contributed by atoms with Crippen molar-refractivity contribution in [3.63, 3.8) is 0 Å². The van der Waals surface area contributed by atoms with Crippen LogP contribution in [0.3, 0.4) is 0 Å². The molecule has 7 heteroatoms. The van der Waals surface area contributed by atoms with E-state index in [1.165, 1.54) is 7.11 Å². The molecular weight excluding hydrogens is 332 g/mol. The van der Waals surface area contributed by atoms with Crippen LogP contribution in [-0.4, -0.2) is 64.9 Å². The van der Waals surface area contributed by atoms with Gasteiger partial charge in [-0.3, -0.25) is 14.7 Å². The van der Waals surface area contributed by atoms with Crippen molar-refractivity contribution in [3.8, 4) is 0 Å². The smallest absolute Gasteiger partial charge is 0.339 e. The van der Waals surface area contributed by atoms with Crippen molar-refractivity contribution >= 4 is 11.9 Å². The highest BCUT2D eigenvalue weighted by molar-refractivity contribution is 6.00. The molecule has 1 N–H and O–H groups in total. The van der Waals surface area contributed by atoms with Crippen molar-refractivity contribution in [2.24, 2.45) is 0 Å². The highest BCUT2D eigenvalue weighted by atomic mass is 16.5. The topological polar surface area (TPSA) is 78.5 Å². The Bertz CT molecular complexity index is 793. The van der Waals surface area contributed by atoms with Gasteiger partial charge in [-0.15, -0.1) is 0 Å². The molecule has 1 amide bonds. The van der Waals surface area contributed by atoms with Crippen LogP contribution in [0.4, 0.5) is 0 Å². The van der Waals surface area contributed by atoms with Gasteiger partial charge in [0.25, 0.3) is 5.91 Å². The average Bonchev–Trinajstić information content (AvgIpc) is 2.96. The molecule has 0 aliphatic carbocycles. The molecule has 2 aromatic rings. The Kier molecular flexibility index (Phi) is 5.37. The molecule has 1 aliphatic rings. The highest BCUT2D eigenvalue weighted by Crippen LogP contribution is 2.21. The number of nitrogens with one attached hydrogen (secondary N) is 1. The number of esters is 1. The van der Waals surface area contributed by atoms with Crippen LogP contribution < -0.4 is 0 Å². The van der Waals surface area contributed by atoms with Crippen LogP contribution in [0.5, 0.6) is 0 Å². The number of H-pyrrole nitrogens is 1. The van der Waals surface area contributed by atoms with Crippen molar-refractivity contribution in [1.82, 2.24) is 19.8 Å². The number of amides is 1. The van der Waals surface area contributed by atoms with Crippen molar-refractivity contribution in [2.75, 3.05) is 33.3 Å². The van der Waals surface area contributed by atoms with Crippen LogP contribution in [0.1, 0.15) is 37.8 Å². The first-order valence-electron chi connectivity index (χ1n) is 8.70. The summed E-state index contributed by atoms with van der Waals surface area (Å²) in [5.41, 5.74) is 3.26. The number of nitrogens with zero attached hydrogens (tertiary/aromatic N) is 3. The number of ether oxygens (including phenoxy) is 1. The zero-order valence-electron chi connectivity index (χ0n) is 15.4. The lowest BCUT2D eigenvalue weighted by molar-refractivity contribution is 0.0599. The molecule has 26 heavy (non-hydrogen) atoms. The summed E-state index contributed by atoms with van der Waals surface area (Å²) in [6.45, 7) is 7.24. The Morgan fingerprint density at radius 1 is 1.19 bits per heavy atom. The minimum atomic E-state index is -0.421. The van der Waals surface area contributed by atoms with Gasteiger partial charge in [0.05, 0.1) is 18.4 Å². The lowest BCUT2D eigenvalue weighted by Crippen LogP contribution is -2.48. The third kappa shape index (κ3) is 3.62. The summed E-state index contributed by atoms with van der Waals surface area (Å²) in [4.78, 5) is 36.3. The highest BCUT2D eigenvalue weighted by Gasteiger charge is 2.28. The third-order valence-corrected chi connectivity index (χ3v) is 4.81. The van der Waals surface area contributed by atoms with Gasteiger partial charge in [-0.2, -0.15) is 0 Å². The van der Waals surface area contributed by atoms with E-state index >= 15 is 0 Å². The number of aryl methyl sites for hydroxylation is 1. The molecule has 3 rings (SSSR count). The minimum Gasteiger partial charge on any atom is -0.465 e. The second-order valence-electron chi connectivity index (χ2n) is 6.51. The van der Waals surface area contributed by atoms with E-state index in [1.807, 2.05) is 23.1 Å². The summed E-state index contributed by atoms with van der Waals surface area (Å²) in [5.74, 6) is -0.492. The molecule has 7 nitrogen and oxygen atoms in total. The van der Waals surface area contributed by atoms with E-state index in [0.29, 0.717) is 35.6 Å². The first kappa shape index (κ1) is 18.1. The molecule has 0 saturated carbocycles. The first-order chi connectivity index (χ1) is 12.5. The molecule has 1 saturated heterocycles. The number of pyridine rings is 1. The zero-order valence-corrected chi connectivity index (χ0v) is 15.4. The van der Waals surface area contributed by atoms with Crippen molar-refractivity contribution < 1.29 is 14.3 Å². The molecule has 0 radical (unpaired) electrons. The van der Waals surface area contributed by atoms with Gasteiger partial charge in [0.1, 0.15) is 5.69 Å². The van der Waals surface area contributed by atoms with E-state index in [9.17, 15) is 9.59 Å². The number of aromatic nitrogens is 2. The fourth-order valence-electron chi connectivity index (χ4n) is 3.36. The van der Waals surface area contributed by atoms with Crippen molar-refractivity contribution in [1.29, 1.82) is 0 Å². The average molecular weight is 356 g/mol. The minimum absolute atomic E-state index is 0.0711. The van der Waals surface area contributed by atoms with Crippen molar-refractivity contribution in [2.45, 2.75) is 20.4 Å². The van der Waals surface area contributed by atoms with Crippen LogP contribution in [0.2, 0.25) is 0 Å². The number of piperazine rings is 1. The molecular formula is C19H24N4O3. The fraction of sp³-hybridized carbons (Fsp3) is 0.421. The van der Waals surface area contributed by atoms with Crippen LogP contribution in [0.15, 0.2) is 24.4 Å². The molecule has 0 bridgehead atoms. The third-order valence-electron chi connectivity index (χ3n) is 4.81. The van der Waals surface area contributed by atoms with Gasteiger partial charge in [0.2, 0.25) is 0 Å². The van der Waals surface area contributed by atoms with Crippen LogP contribution in [0, 0.1) is 13.8 Å². The second kappa shape index (κ2) is 7.70. The van der Waals surface area contributed by atoms with Gasteiger partial charge in [-0.25, -0.2) is 4.79 Å². The lowest BCUT2D eigenvalue weighted by atomic mass is 10.1. The van der Waals surface area contributed by atoms with E-state index in [4.69, 9.17) is 4.74 Å². The van der Waals surface area contributed by atoms with E-state index in [-0.39, 0.29) is 5.91 Å². The fourth-order valence-corrected chi connectivity index (χ4v) is 3.36. The maximum Gasteiger partial charge on any atom is 0.339 e. The molecule has 2 aromatic heterocycles. The molecule has 1 fully saturated rings. The Morgan fingerprint density at radius 3 is 2.54 bits per heavy atom. The number of hydrogen-bond acceptors (Lipinski definition) is 5. The first-order valence-corrected chi connectivity index (χ1v) is 8.70. The van der Waals surface area contributed by atoms with Crippen LogP contribution in [0.25, 0.3) is 0 Å². The van der Waals surface area contributed by atoms with Gasteiger partial charge in [-0.05, 0) is 31.5 Å². The Labute approximate surface area is 153 Å². The van der Waals surface area contributed by atoms with Gasteiger partial charge < -0.3 is 14.6 Å². The molecule has 0 spiro atoms. The van der Waals surface area contributed by atoms with E-state index in [1.54, 1.807) is 20.0 Å². The standard InChI is InChI=1S/C19H24N4O3/c1-13-16(19(25)26-3)14(2)21-17(13)18(24)23-10-8-22(9-11-23)12-15-6-4-5-7-20-15/h4-7,21H,8-12H2,1-3H3. The Morgan fingerprint density at radius 2 is 1.92 bits per heavy atom. The monoisotopic (exact) mass is 356 g/mol. The Balaban J connectivity index is 1.65. The van der Waals surface area contributed by atoms with Gasteiger partial charge in [0, 0.05) is 44.6 Å². The Hall–Kier alpha value is -2.67. The summed E-state index contributed by atoms with van der Waals surface area (Å²) < 4.78 is 4.81. The number of hydrogen-bond donors (Lipinski definition) is 1. The van der Waals surface area contributed by atoms with Gasteiger partial charge >= 0.3 is 5.97 Å². The van der Waals surface area contributed by atoms with E-state index < -0.39 is 5.97 Å². The molecule has 0 unspecified atom stereocenters. The summed E-state index contributed by atoms with van der Waals surface area (Å²) in [6, 6.07) is 5.90. The predicted molar refractivity (Wildman–Crippen MR) is 97.0 cm³/mol. The lowest BCUT2D eigenvalue weighted by Gasteiger charge is -2.34. The number of carbonyl (C=O) groups excluding carboxylic acids is 2. The molecule has 3 heterocycles. The largest absolute Gasteiger partial charge is 0.465 e. The molecule has 138 valence electrons. The van der Waals surface area contributed by atoms with Crippen molar-refractivity contribution in [3.05, 3.63) is 52.6 Å².